The van der Waals surface area contributed by atoms with Gasteiger partial charge in [-0.15, -0.1) is 0 Å². The number of carbonyl (C=O) groups is 1. The van der Waals surface area contributed by atoms with Crippen LogP contribution in [0.15, 0.2) is 89.5 Å². The van der Waals surface area contributed by atoms with Crippen LogP contribution in [0.5, 0.6) is 0 Å². The van der Waals surface area contributed by atoms with E-state index in [1.54, 1.807) is 13.8 Å². The Morgan fingerprint density at radius 1 is 0.914 bits per heavy atom. The van der Waals surface area contributed by atoms with Gasteiger partial charge in [-0.3, -0.25) is 0 Å². The number of nitrogens with zero attached hydrogens (tertiary/aromatic N) is 1. The molecule has 1 heterocycles. The minimum atomic E-state index is -0.649. The molecule has 1 aliphatic heterocycles. The van der Waals surface area contributed by atoms with Gasteiger partial charge in [0.05, 0.1) is 18.1 Å². The molecule has 2 bridgehead atoms. The van der Waals surface area contributed by atoms with Crippen molar-refractivity contribution in [2.45, 2.75) is 31.6 Å². The summed E-state index contributed by atoms with van der Waals surface area (Å²) in [7, 11) is 0. The van der Waals surface area contributed by atoms with Crippen molar-refractivity contribution in [1.29, 1.82) is 5.26 Å². The molecule has 4 aliphatic rings. The molecule has 7 rings (SSSR count). The molecule has 5 nitrogen and oxygen atoms in total. The lowest BCUT2D eigenvalue weighted by Gasteiger charge is -2.42. The number of hydrogen-bond acceptors (Lipinski definition) is 5. The van der Waals surface area contributed by atoms with E-state index < -0.39 is 11.9 Å². The maximum absolute atomic E-state index is 13.0. The van der Waals surface area contributed by atoms with Crippen molar-refractivity contribution in [1.82, 2.24) is 0 Å². The summed E-state index contributed by atoms with van der Waals surface area (Å²) in [5.41, 5.74) is 15.2. The van der Waals surface area contributed by atoms with Gasteiger partial charge < -0.3 is 15.2 Å². The standard InChI is InChI=1S/C30H24N2O3/c1-3-34-30(33)25-16(2)35-29(32)24(15-31)26(25)17-12-13-22-23(14-17)28-20-10-6-4-8-18(20)27(22)19-9-5-7-11-21(19)28/h4-14,26-28H,3,32H2,1-2H3. The predicted molar refractivity (Wildman–Crippen MR) is 131 cm³/mol. The van der Waals surface area contributed by atoms with Crippen molar-refractivity contribution >= 4 is 5.97 Å². The van der Waals surface area contributed by atoms with Crippen LogP contribution < -0.4 is 5.73 Å². The molecule has 0 amide bonds. The Bertz CT molecular complexity index is 1460. The van der Waals surface area contributed by atoms with Gasteiger partial charge in [-0.2, -0.15) is 5.26 Å². The average molecular weight is 461 g/mol. The molecule has 0 radical (unpaired) electrons. The topological polar surface area (TPSA) is 85.3 Å². The van der Waals surface area contributed by atoms with E-state index in [-0.39, 0.29) is 29.9 Å². The Labute approximate surface area is 204 Å². The van der Waals surface area contributed by atoms with Gasteiger partial charge in [0.25, 0.3) is 0 Å². The Balaban J connectivity index is 1.56. The van der Waals surface area contributed by atoms with Crippen molar-refractivity contribution in [3.8, 4) is 6.07 Å². The fraction of sp³-hybridized carbons (Fsp3) is 0.200. The third kappa shape index (κ3) is 2.96. The van der Waals surface area contributed by atoms with Crippen molar-refractivity contribution in [2.75, 3.05) is 6.61 Å². The predicted octanol–water partition coefficient (Wildman–Crippen LogP) is 5.32. The first-order valence-corrected chi connectivity index (χ1v) is 11.8. The van der Waals surface area contributed by atoms with E-state index >= 15 is 0 Å². The molecule has 1 atom stereocenters. The van der Waals surface area contributed by atoms with Gasteiger partial charge in [0.1, 0.15) is 17.4 Å². The Hall–Kier alpha value is -4.30. The maximum Gasteiger partial charge on any atom is 0.338 e. The summed E-state index contributed by atoms with van der Waals surface area (Å²) in [6, 6.07) is 25.7. The van der Waals surface area contributed by atoms with Crippen molar-refractivity contribution in [3.05, 3.63) is 128 Å². The minimum absolute atomic E-state index is 0.0259. The number of nitriles is 1. The molecule has 0 saturated heterocycles. The number of nitrogens with two attached hydrogens (primary N) is 1. The molecule has 1 unspecified atom stereocenters. The zero-order valence-corrected chi connectivity index (χ0v) is 19.5. The largest absolute Gasteiger partial charge is 0.463 e. The van der Waals surface area contributed by atoms with E-state index in [0.29, 0.717) is 11.3 Å². The van der Waals surface area contributed by atoms with Crippen LogP contribution in [0, 0.1) is 11.3 Å². The zero-order valence-electron chi connectivity index (χ0n) is 19.5. The first-order chi connectivity index (χ1) is 17.0. The summed E-state index contributed by atoms with van der Waals surface area (Å²) < 4.78 is 10.9. The molecule has 0 spiro atoms. The first-order valence-electron chi connectivity index (χ1n) is 11.8. The molecule has 172 valence electrons. The molecule has 0 aromatic heterocycles. The SMILES string of the molecule is CCOC(=O)C1=C(C)OC(N)=C(C#N)C1c1ccc2c(c1)C1c3ccccc3C2c2ccccc21. The van der Waals surface area contributed by atoms with Crippen LogP contribution in [0.4, 0.5) is 0 Å². The number of ether oxygens (including phenoxy) is 2. The normalized spacial score (nSPS) is 21.5. The second-order valence-corrected chi connectivity index (χ2v) is 9.13. The molecule has 3 aromatic carbocycles. The quantitative estimate of drug-likeness (QED) is 0.369. The zero-order chi connectivity index (χ0) is 24.3. The fourth-order valence-corrected chi connectivity index (χ4v) is 6.05. The Kier molecular flexibility index (Phi) is 4.79. The summed E-state index contributed by atoms with van der Waals surface area (Å²) in [5, 5.41) is 9.97. The van der Waals surface area contributed by atoms with Gasteiger partial charge in [-0.25, -0.2) is 4.79 Å². The highest BCUT2D eigenvalue weighted by atomic mass is 16.5. The molecule has 3 aliphatic carbocycles. The number of benzene rings is 3. The monoisotopic (exact) mass is 460 g/mol. The number of esters is 1. The highest BCUT2D eigenvalue weighted by Crippen LogP contribution is 2.56. The van der Waals surface area contributed by atoms with Crippen LogP contribution in [0.1, 0.15) is 70.5 Å². The first kappa shape index (κ1) is 21.2. The lowest BCUT2D eigenvalue weighted by atomic mass is 9.60. The Morgan fingerprint density at radius 2 is 1.46 bits per heavy atom. The second-order valence-electron chi connectivity index (χ2n) is 9.13. The molecule has 35 heavy (non-hydrogen) atoms. The summed E-state index contributed by atoms with van der Waals surface area (Å²) in [6.07, 6.45) is 0. The van der Waals surface area contributed by atoms with Gasteiger partial charge >= 0.3 is 5.97 Å². The number of allylic oxidation sites excluding steroid dienone is 2. The third-order valence-corrected chi connectivity index (χ3v) is 7.40. The van der Waals surface area contributed by atoms with Crippen molar-refractivity contribution < 1.29 is 14.3 Å². The molecule has 5 heteroatoms. The molecule has 0 fully saturated rings. The number of carbonyl (C=O) groups excluding carboxylic acids is 1. The third-order valence-electron chi connectivity index (χ3n) is 7.40. The maximum atomic E-state index is 13.0. The Morgan fingerprint density at radius 3 is 2.00 bits per heavy atom. The smallest absolute Gasteiger partial charge is 0.338 e. The summed E-state index contributed by atoms with van der Waals surface area (Å²) in [4.78, 5) is 13.0. The van der Waals surface area contributed by atoms with Crippen LogP contribution in [0.25, 0.3) is 0 Å². The molecule has 2 N–H and O–H groups in total. The van der Waals surface area contributed by atoms with E-state index in [0.717, 1.165) is 5.56 Å². The van der Waals surface area contributed by atoms with E-state index in [4.69, 9.17) is 15.2 Å². The molecule has 0 saturated carbocycles. The lowest BCUT2D eigenvalue weighted by Crippen LogP contribution is -2.29. The van der Waals surface area contributed by atoms with Crippen LogP contribution in [-0.2, 0) is 14.3 Å². The summed E-state index contributed by atoms with van der Waals surface area (Å²) in [6.45, 7) is 3.67. The average Bonchev–Trinajstić information content (AvgIpc) is 2.87. The molecular weight excluding hydrogens is 436 g/mol. The van der Waals surface area contributed by atoms with Crippen LogP contribution >= 0.6 is 0 Å². The van der Waals surface area contributed by atoms with E-state index in [9.17, 15) is 10.1 Å². The van der Waals surface area contributed by atoms with Crippen molar-refractivity contribution in [3.63, 3.8) is 0 Å². The van der Waals surface area contributed by atoms with Crippen LogP contribution in [-0.4, -0.2) is 12.6 Å². The fourth-order valence-electron chi connectivity index (χ4n) is 6.05. The number of rotatable bonds is 3. The van der Waals surface area contributed by atoms with Gasteiger partial charge in [-0.1, -0.05) is 66.7 Å². The van der Waals surface area contributed by atoms with E-state index in [1.165, 1.54) is 33.4 Å². The highest BCUT2D eigenvalue weighted by molar-refractivity contribution is 5.92. The van der Waals surface area contributed by atoms with Gasteiger partial charge in [0.2, 0.25) is 5.88 Å². The lowest BCUT2D eigenvalue weighted by molar-refractivity contribution is -0.139. The molecular formula is C30H24N2O3. The van der Waals surface area contributed by atoms with Crippen LogP contribution in [0.2, 0.25) is 0 Å². The van der Waals surface area contributed by atoms with E-state index in [1.807, 2.05) is 6.07 Å². The highest BCUT2D eigenvalue weighted by Gasteiger charge is 2.42. The molecule has 3 aromatic rings. The van der Waals surface area contributed by atoms with Gasteiger partial charge in [0.15, 0.2) is 0 Å². The number of hydrogen-bond donors (Lipinski definition) is 1. The van der Waals surface area contributed by atoms with Gasteiger partial charge in [0, 0.05) is 11.8 Å². The summed E-state index contributed by atoms with van der Waals surface area (Å²) >= 11 is 0. The van der Waals surface area contributed by atoms with Crippen LogP contribution in [0.3, 0.4) is 0 Å². The summed E-state index contributed by atoms with van der Waals surface area (Å²) in [5.74, 6) is -0.513. The van der Waals surface area contributed by atoms with E-state index in [2.05, 4.69) is 66.7 Å². The van der Waals surface area contributed by atoms with Gasteiger partial charge in [-0.05, 0) is 52.8 Å². The minimum Gasteiger partial charge on any atom is -0.463 e. The second kappa shape index (κ2) is 7.89. The van der Waals surface area contributed by atoms with Crippen molar-refractivity contribution in [2.24, 2.45) is 5.73 Å².